The van der Waals surface area contributed by atoms with Crippen molar-refractivity contribution < 1.29 is 14.3 Å². The van der Waals surface area contributed by atoms with Crippen LogP contribution in [0, 0.1) is 6.92 Å². The zero-order valence-corrected chi connectivity index (χ0v) is 16.3. The number of aryl methyl sites for hydroxylation is 1. The van der Waals surface area contributed by atoms with Gasteiger partial charge in [-0.15, -0.1) is 0 Å². The fraction of sp³-hybridized carbons (Fsp3) is 0.409. The standard InChI is InChI=1S/C22H28N2O3/c1-16-8-7-9-17(14-16)19-10-5-4-6-13-24(19)22(25)23-18-11-12-20(26-2)21(15-18)27-3/h7-9,11-12,14-15,19H,4-6,10,13H2,1-3H3,(H,23,25). The molecule has 1 aliphatic heterocycles. The van der Waals surface area contributed by atoms with Gasteiger partial charge in [0.25, 0.3) is 0 Å². The number of methoxy groups -OCH3 is 2. The van der Waals surface area contributed by atoms with Crippen molar-refractivity contribution in [1.29, 1.82) is 0 Å². The fourth-order valence-electron chi connectivity index (χ4n) is 3.68. The third-order valence-corrected chi connectivity index (χ3v) is 5.08. The molecule has 2 aromatic carbocycles. The summed E-state index contributed by atoms with van der Waals surface area (Å²) in [7, 11) is 3.19. The summed E-state index contributed by atoms with van der Waals surface area (Å²) in [6.45, 7) is 2.85. The van der Waals surface area contributed by atoms with Crippen LogP contribution in [0.25, 0.3) is 0 Å². The maximum atomic E-state index is 13.1. The van der Waals surface area contributed by atoms with Crippen molar-refractivity contribution in [2.75, 3.05) is 26.1 Å². The van der Waals surface area contributed by atoms with E-state index in [1.54, 1.807) is 26.4 Å². The molecule has 1 heterocycles. The lowest BCUT2D eigenvalue weighted by Crippen LogP contribution is -2.38. The highest BCUT2D eigenvalue weighted by atomic mass is 16.5. The zero-order chi connectivity index (χ0) is 19.2. The molecule has 0 radical (unpaired) electrons. The minimum atomic E-state index is -0.0735. The van der Waals surface area contributed by atoms with E-state index >= 15 is 0 Å². The number of benzene rings is 2. The molecule has 0 saturated carbocycles. The Morgan fingerprint density at radius 3 is 2.59 bits per heavy atom. The fourth-order valence-corrected chi connectivity index (χ4v) is 3.68. The average Bonchev–Trinajstić information content (AvgIpc) is 2.94. The van der Waals surface area contributed by atoms with Crippen LogP contribution in [0.15, 0.2) is 42.5 Å². The summed E-state index contributed by atoms with van der Waals surface area (Å²) < 4.78 is 10.6. The van der Waals surface area contributed by atoms with Crippen molar-refractivity contribution in [2.45, 2.75) is 38.6 Å². The summed E-state index contributed by atoms with van der Waals surface area (Å²) in [5, 5.41) is 3.03. The van der Waals surface area contributed by atoms with Gasteiger partial charge in [-0.25, -0.2) is 4.79 Å². The first kappa shape index (κ1) is 19.1. The van der Waals surface area contributed by atoms with E-state index in [9.17, 15) is 4.79 Å². The van der Waals surface area contributed by atoms with Gasteiger partial charge in [-0.05, 0) is 37.5 Å². The molecule has 1 fully saturated rings. The lowest BCUT2D eigenvalue weighted by atomic mass is 9.99. The van der Waals surface area contributed by atoms with E-state index in [1.807, 2.05) is 11.0 Å². The Hall–Kier alpha value is -2.69. The molecule has 5 heteroatoms. The predicted molar refractivity (Wildman–Crippen MR) is 108 cm³/mol. The van der Waals surface area contributed by atoms with Gasteiger partial charge in [0.2, 0.25) is 0 Å². The van der Waals surface area contributed by atoms with Gasteiger partial charge >= 0.3 is 6.03 Å². The average molecular weight is 368 g/mol. The molecule has 2 amide bonds. The predicted octanol–water partition coefficient (Wildman–Crippen LogP) is 5.16. The Labute approximate surface area is 161 Å². The largest absolute Gasteiger partial charge is 0.493 e. The highest BCUT2D eigenvalue weighted by Gasteiger charge is 2.27. The first-order chi connectivity index (χ1) is 13.1. The van der Waals surface area contributed by atoms with Crippen molar-refractivity contribution in [3.8, 4) is 11.5 Å². The van der Waals surface area contributed by atoms with Crippen LogP contribution in [-0.4, -0.2) is 31.7 Å². The Balaban J connectivity index is 1.82. The lowest BCUT2D eigenvalue weighted by molar-refractivity contribution is 0.189. The first-order valence-electron chi connectivity index (χ1n) is 9.48. The topological polar surface area (TPSA) is 50.8 Å². The molecule has 0 aromatic heterocycles. The van der Waals surface area contributed by atoms with Gasteiger partial charge in [-0.2, -0.15) is 0 Å². The molecule has 1 N–H and O–H groups in total. The number of rotatable bonds is 4. The number of hydrogen-bond acceptors (Lipinski definition) is 3. The van der Waals surface area contributed by atoms with E-state index in [2.05, 4.69) is 36.5 Å². The maximum Gasteiger partial charge on any atom is 0.322 e. The van der Waals surface area contributed by atoms with Crippen LogP contribution in [-0.2, 0) is 0 Å². The maximum absolute atomic E-state index is 13.1. The van der Waals surface area contributed by atoms with Crippen LogP contribution in [0.1, 0.15) is 42.9 Å². The molecular formula is C22H28N2O3. The number of carbonyl (C=O) groups is 1. The van der Waals surface area contributed by atoms with Gasteiger partial charge in [0.15, 0.2) is 11.5 Å². The normalized spacial score (nSPS) is 17.1. The molecule has 1 unspecified atom stereocenters. The zero-order valence-electron chi connectivity index (χ0n) is 16.3. The smallest absolute Gasteiger partial charge is 0.322 e. The number of likely N-dealkylation sites (tertiary alicyclic amines) is 1. The van der Waals surface area contributed by atoms with E-state index in [0.29, 0.717) is 17.2 Å². The van der Waals surface area contributed by atoms with Gasteiger partial charge in [0, 0.05) is 18.3 Å². The molecule has 3 rings (SSSR count). The Bertz CT molecular complexity index is 791. The molecule has 0 aliphatic carbocycles. The number of ether oxygens (including phenoxy) is 2. The molecule has 1 saturated heterocycles. The molecule has 0 bridgehead atoms. The summed E-state index contributed by atoms with van der Waals surface area (Å²) in [5.74, 6) is 1.24. The van der Waals surface area contributed by atoms with Crippen LogP contribution < -0.4 is 14.8 Å². The second-order valence-corrected chi connectivity index (χ2v) is 6.97. The Kier molecular flexibility index (Phi) is 6.22. The summed E-state index contributed by atoms with van der Waals surface area (Å²) >= 11 is 0. The number of urea groups is 1. The molecule has 144 valence electrons. The van der Waals surface area contributed by atoms with E-state index in [1.165, 1.54) is 11.1 Å². The van der Waals surface area contributed by atoms with Crippen LogP contribution in [0.3, 0.4) is 0 Å². The Morgan fingerprint density at radius 2 is 1.85 bits per heavy atom. The van der Waals surface area contributed by atoms with E-state index in [-0.39, 0.29) is 12.1 Å². The van der Waals surface area contributed by atoms with E-state index in [4.69, 9.17) is 9.47 Å². The SMILES string of the molecule is COc1ccc(NC(=O)N2CCCCCC2c2cccc(C)c2)cc1OC. The van der Waals surface area contributed by atoms with Gasteiger partial charge in [0.05, 0.1) is 20.3 Å². The summed E-state index contributed by atoms with van der Waals surface area (Å²) in [4.78, 5) is 15.1. The summed E-state index contributed by atoms with van der Waals surface area (Å²) in [5.41, 5.74) is 3.13. The van der Waals surface area contributed by atoms with Gasteiger partial charge in [-0.1, -0.05) is 42.7 Å². The highest BCUT2D eigenvalue weighted by molar-refractivity contribution is 5.90. The quantitative estimate of drug-likeness (QED) is 0.811. The highest BCUT2D eigenvalue weighted by Crippen LogP contribution is 2.33. The number of nitrogens with zero attached hydrogens (tertiary/aromatic N) is 1. The molecule has 1 atom stereocenters. The minimum absolute atomic E-state index is 0.0735. The van der Waals surface area contributed by atoms with E-state index in [0.717, 1.165) is 32.2 Å². The molecule has 5 nitrogen and oxygen atoms in total. The van der Waals surface area contributed by atoms with Gasteiger partial charge < -0.3 is 19.7 Å². The molecule has 27 heavy (non-hydrogen) atoms. The molecular weight excluding hydrogens is 340 g/mol. The van der Waals surface area contributed by atoms with Crippen LogP contribution in [0.4, 0.5) is 10.5 Å². The van der Waals surface area contributed by atoms with Crippen molar-refractivity contribution in [3.05, 3.63) is 53.6 Å². The molecule has 0 spiro atoms. The minimum Gasteiger partial charge on any atom is -0.493 e. The summed E-state index contributed by atoms with van der Waals surface area (Å²) in [6, 6.07) is 13.9. The second-order valence-electron chi connectivity index (χ2n) is 6.97. The van der Waals surface area contributed by atoms with Crippen molar-refractivity contribution >= 4 is 11.7 Å². The van der Waals surface area contributed by atoms with Crippen molar-refractivity contribution in [1.82, 2.24) is 4.90 Å². The third kappa shape index (κ3) is 4.54. The third-order valence-electron chi connectivity index (χ3n) is 5.08. The summed E-state index contributed by atoms with van der Waals surface area (Å²) in [6.07, 6.45) is 4.31. The van der Waals surface area contributed by atoms with Crippen LogP contribution in [0.5, 0.6) is 11.5 Å². The van der Waals surface area contributed by atoms with Crippen LogP contribution >= 0.6 is 0 Å². The number of amides is 2. The lowest BCUT2D eigenvalue weighted by Gasteiger charge is -2.31. The Morgan fingerprint density at radius 1 is 1.04 bits per heavy atom. The van der Waals surface area contributed by atoms with E-state index < -0.39 is 0 Å². The number of anilines is 1. The number of hydrogen-bond donors (Lipinski definition) is 1. The molecule has 1 aliphatic rings. The second kappa shape index (κ2) is 8.80. The monoisotopic (exact) mass is 368 g/mol. The number of carbonyl (C=O) groups excluding carboxylic acids is 1. The van der Waals surface area contributed by atoms with Crippen molar-refractivity contribution in [2.24, 2.45) is 0 Å². The van der Waals surface area contributed by atoms with Gasteiger partial charge in [0.1, 0.15) is 0 Å². The van der Waals surface area contributed by atoms with Crippen molar-refractivity contribution in [3.63, 3.8) is 0 Å². The van der Waals surface area contributed by atoms with Crippen LogP contribution in [0.2, 0.25) is 0 Å². The number of nitrogens with one attached hydrogen (secondary N) is 1. The van der Waals surface area contributed by atoms with Gasteiger partial charge in [-0.3, -0.25) is 0 Å². The molecule has 2 aromatic rings. The first-order valence-corrected chi connectivity index (χ1v) is 9.48.